The van der Waals surface area contributed by atoms with E-state index in [1.807, 2.05) is 30.6 Å². The molecule has 0 fully saturated rings. The minimum absolute atomic E-state index is 0.491. The summed E-state index contributed by atoms with van der Waals surface area (Å²) in [6, 6.07) is 42.9. The number of pyridine rings is 3. The molecule has 49 heavy (non-hydrogen) atoms. The topological polar surface area (TPSA) is 43.1 Å². The van der Waals surface area contributed by atoms with Crippen LogP contribution in [-0.4, -0.2) is 19.4 Å². The number of hydrogen-bond acceptors (Lipinski definition) is 3. The summed E-state index contributed by atoms with van der Waals surface area (Å²) in [7, 11) is 0. The van der Waals surface area contributed by atoms with E-state index >= 15 is 0 Å². The maximum atomic E-state index is 5.09. The molecule has 0 spiro atoms. The van der Waals surface area contributed by atoms with Gasteiger partial charge in [-0.3, -0.25) is 14.4 Å². The molecule has 0 amide bonds. The van der Waals surface area contributed by atoms with Gasteiger partial charge in [0.2, 0.25) is 0 Å². The third kappa shape index (κ3) is 5.83. The molecule has 4 aromatic carbocycles. The van der Waals surface area contributed by atoms with Crippen LogP contribution in [0, 0.1) is 5.92 Å². The summed E-state index contributed by atoms with van der Waals surface area (Å²) in [6.07, 6.45) is 12.4. The number of benzene rings is 4. The lowest BCUT2D eigenvalue weighted by Crippen LogP contribution is -1.92. The Morgan fingerprint density at radius 3 is 2.20 bits per heavy atom. The molecule has 0 saturated heterocycles. The van der Waals surface area contributed by atoms with Crippen LogP contribution in [0.5, 0.6) is 0 Å². The van der Waals surface area contributed by atoms with Crippen molar-refractivity contribution in [2.24, 2.45) is 5.92 Å². The molecule has 0 saturated carbocycles. The van der Waals surface area contributed by atoms with Gasteiger partial charge in [0.15, 0.2) is 0 Å². The molecule has 0 radical (unpaired) electrons. The average Bonchev–Trinajstić information content (AvgIpc) is 3.54. The van der Waals surface area contributed by atoms with Crippen molar-refractivity contribution in [3.63, 3.8) is 0 Å². The van der Waals surface area contributed by atoms with Gasteiger partial charge in [0.1, 0.15) is 5.65 Å². The van der Waals surface area contributed by atoms with E-state index < -0.39 is 0 Å². The van der Waals surface area contributed by atoms with Crippen molar-refractivity contribution >= 4 is 33.0 Å². The van der Waals surface area contributed by atoms with Crippen molar-refractivity contribution in [2.45, 2.75) is 20.8 Å². The van der Waals surface area contributed by atoms with Gasteiger partial charge in [-0.1, -0.05) is 105 Å². The summed E-state index contributed by atoms with van der Waals surface area (Å²) in [6.45, 7) is 6.59. The first-order chi connectivity index (χ1) is 24.0. The van der Waals surface area contributed by atoms with E-state index in [2.05, 4.69) is 158 Å². The summed E-state index contributed by atoms with van der Waals surface area (Å²) in [5, 5.41) is 2.17. The lowest BCUT2D eigenvalue weighted by atomic mass is 9.90. The molecule has 0 unspecified atom stereocenters. The maximum absolute atomic E-state index is 5.09. The minimum Gasteiger partial charge on any atom is -0.299 e. The number of aromatic nitrogens is 4. The predicted molar refractivity (Wildman–Crippen MR) is 205 cm³/mol. The highest BCUT2D eigenvalue weighted by atomic mass is 15.0. The fraction of sp³-hybridized carbons (Fsp3) is 0.0889. The van der Waals surface area contributed by atoms with Gasteiger partial charge in [0.25, 0.3) is 0 Å². The molecule has 8 aromatic rings. The van der Waals surface area contributed by atoms with Crippen LogP contribution in [0.3, 0.4) is 0 Å². The number of hydrogen-bond donors (Lipinski definition) is 0. The number of fused-ring (bicyclic) bond motifs is 4. The van der Waals surface area contributed by atoms with Gasteiger partial charge in [-0.2, -0.15) is 0 Å². The van der Waals surface area contributed by atoms with Crippen molar-refractivity contribution in [3.8, 4) is 44.8 Å². The molecular weight excluding hydrogens is 597 g/mol. The van der Waals surface area contributed by atoms with Crippen molar-refractivity contribution in [1.29, 1.82) is 0 Å². The third-order valence-corrected chi connectivity index (χ3v) is 9.07. The quantitative estimate of drug-likeness (QED) is 0.130. The molecule has 0 aliphatic rings. The molecule has 0 bridgehead atoms. The van der Waals surface area contributed by atoms with Gasteiger partial charge in [0.05, 0.1) is 22.4 Å². The normalized spacial score (nSPS) is 12.2. The molecule has 4 heterocycles. The van der Waals surface area contributed by atoms with Crippen LogP contribution in [0.15, 0.2) is 158 Å². The zero-order valence-electron chi connectivity index (χ0n) is 27.9. The fourth-order valence-electron chi connectivity index (χ4n) is 6.60. The minimum atomic E-state index is 0.491. The Labute approximate surface area is 286 Å². The smallest absolute Gasteiger partial charge is 0.137 e. The highest BCUT2D eigenvalue weighted by Gasteiger charge is 2.17. The van der Waals surface area contributed by atoms with Crippen molar-refractivity contribution in [2.75, 3.05) is 0 Å². The van der Waals surface area contributed by atoms with Gasteiger partial charge in [-0.15, -0.1) is 0 Å². The fourth-order valence-corrected chi connectivity index (χ4v) is 6.60. The van der Waals surface area contributed by atoms with Crippen LogP contribution in [0.2, 0.25) is 0 Å². The molecule has 236 valence electrons. The molecule has 0 aliphatic heterocycles. The van der Waals surface area contributed by atoms with E-state index in [1.54, 1.807) is 0 Å². The first-order valence-corrected chi connectivity index (χ1v) is 16.8. The lowest BCUT2D eigenvalue weighted by molar-refractivity contribution is 0.832. The van der Waals surface area contributed by atoms with E-state index in [9.17, 15) is 0 Å². The van der Waals surface area contributed by atoms with E-state index in [1.165, 1.54) is 11.1 Å². The third-order valence-electron chi connectivity index (χ3n) is 9.07. The molecule has 0 atom stereocenters. The largest absolute Gasteiger partial charge is 0.299 e. The van der Waals surface area contributed by atoms with Crippen LogP contribution < -0.4 is 0 Å². The molecule has 4 nitrogen and oxygen atoms in total. The Morgan fingerprint density at radius 2 is 1.39 bits per heavy atom. The van der Waals surface area contributed by atoms with E-state index in [-0.39, 0.29) is 0 Å². The second-order valence-corrected chi connectivity index (χ2v) is 12.9. The van der Waals surface area contributed by atoms with Gasteiger partial charge in [-0.05, 0) is 94.8 Å². The second kappa shape index (κ2) is 12.8. The number of imidazole rings is 1. The summed E-state index contributed by atoms with van der Waals surface area (Å²) in [5.41, 5.74) is 14.0. The number of rotatable bonds is 7. The highest BCUT2D eigenvalue weighted by molar-refractivity contribution is 6.10. The first-order valence-electron chi connectivity index (χ1n) is 16.8. The van der Waals surface area contributed by atoms with E-state index in [0.717, 1.165) is 72.2 Å². The van der Waals surface area contributed by atoms with Crippen LogP contribution in [-0.2, 0) is 0 Å². The van der Waals surface area contributed by atoms with Gasteiger partial charge in [0, 0.05) is 40.5 Å². The van der Waals surface area contributed by atoms with E-state index in [0.29, 0.717) is 5.92 Å². The molecule has 0 N–H and O–H groups in total. The zero-order chi connectivity index (χ0) is 33.3. The SMILES string of the molecule is C/C(=C\C=C/C(C)C)c1cc(-c2ccc(-c3nc4ccccn4c3-c3ccccc3)cc2)cc(-c2cc3cccnc3c3ncccc23)c1. The maximum Gasteiger partial charge on any atom is 0.137 e. The van der Waals surface area contributed by atoms with Crippen LogP contribution in [0.25, 0.3) is 77.8 Å². The van der Waals surface area contributed by atoms with Gasteiger partial charge >= 0.3 is 0 Å². The summed E-state index contributed by atoms with van der Waals surface area (Å²) in [4.78, 5) is 14.6. The van der Waals surface area contributed by atoms with Crippen LogP contribution >= 0.6 is 0 Å². The first kappa shape index (κ1) is 30.2. The molecule has 0 aliphatic carbocycles. The number of nitrogens with zero attached hydrogens (tertiary/aromatic N) is 4. The van der Waals surface area contributed by atoms with Crippen molar-refractivity contribution in [3.05, 3.63) is 164 Å². The Hall–Kier alpha value is -6.13. The Kier molecular flexibility index (Phi) is 7.90. The lowest BCUT2D eigenvalue weighted by Gasteiger charge is -2.14. The molecule has 4 heteroatoms. The molecule has 4 aromatic heterocycles. The summed E-state index contributed by atoms with van der Waals surface area (Å²) in [5.74, 6) is 0.491. The van der Waals surface area contributed by atoms with Gasteiger partial charge < -0.3 is 0 Å². The van der Waals surface area contributed by atoms with E-state index in [4.69, 9.17) is 9.97 Å². The monoisotopic (exact) mass is 632 g/mol. The molecular formula is C45H36N4. The highest BCUT2D eigenvalue weighted by Crippen LogP contribution is 2.38. The Balaban J connectivity index is 1.28. The summed E-state index contributed by atoms with van der Waals surface area (Å²) >= 11 is 0. The van der Waals surface area contributed by atoms with Gasteiger partial charge in [-0.25, -0.2) is 4.98 Å². The average molecular weight is 633 g/mol. The van der Waals surface area contributed by atoms with Crippen molar-refractivity contribution in [1.82, 2.24) is 19.4 Å². The second-order valence-electron chi connectivity index (χ2n) is 12.9. The van der Waals surface area contributed by atoms with Crippen LogP contribution in [0.4, 0.5) is 0 Å². The Morgan fingerprint density at radius 1 is 0.653 bits per heavy atom. The van der Waals surface area contributed by atoms with Crippen molar-refractivity contribution < 1.29 is 0 Å². The standard InChI is InChI=1S/C45H36N4/c1-30(2)12-9-13-31(3)36-26-37(28-38(27-36)40-29-35-16-10-23-46-42(35)44-39(40)17-11-24-47-44)32-19-21-33(22-20-32)43-45(34-14-5-4-6-15-34)49-25-8-7-18-41(49)48-43/h4-30H,1-3H3/b12-9-,31-13+. The Bertz CT molecular complexity index is 2520. The number of allylic oxidation sites excluding steroid dienone is 4. The predicted octanol–water partition coefficient (Wildman–Crippen LogP) is 11.7. The molecule has 8 rings (SSSR count). The van der Waals surface area contributed by atoms with Crippen LogP contribution in [0.1, 0.15) is 26.3 Å². The zero-order valence-corrected chi connectivity index (χ0v) is 27.9. The summed E-state index contributed by atoms with van der Waals surface area (Å²) < 4.78 is 2.18.